The third kappa shape index (κ3) is 2.07. The fraction of sp³-hybridized carbons (Fsp3) is 0.700. The molecule has 1 atom stereocenters. The van der Waals surface area contributed by atoms with E-state index in [1.807, 2.05) is 0 Å². The maximum Gasteiger partial charge on any atom is 0.451 e. The van der Waals surface area contributed by atoms with Crippen LogP contribution in [0.3, 0.4) is 0 Å². The molecule has 0 spiro atoms. The van der Waals surface area contributed by atoms with Gasteiger partial charge in [-0.1, -0.05) is 6.92 Å². The molecule has 1 aliphatic heterocycles. The molecule has 0 aliphatic carbocycles. The van der Waals surface area contributed by atoms with E-state index in [1.54, 1.807) is 6.92 Å². The largest absolute Gasteiger partial charge is 0.451 e. The number of aromatic nitrogens is 1. The Morgan fingerprint density at radius 1 is 1.50 bits per heavy atom. The average molecular weight is 234 g/mol. The third-order valence-corrected chi connectivity index (χ3v) is 2.72. The van der Waals surface area contributed by atoms with Crippen molar-refractivity contribution in [1.82, 2.24) is 10.3 Å². The first-order valence-corrected chi connectivity index (χ1v) is 5.30. The van der Waals surface area contributed by atoms with Gasteiger partial charge in [0.1, 0.15) is 0 Å². The van der Waals surface area contributed by atoms with E-state index in [9.17, 15) is 13.2 Å². The van der Waals surface area contributed by atoms with Crippen LogP contribution in [0.25, 0.3) is 0 Å². The monoisotopic (exact) mass is 234 g/mol. The molecule has 1 N–H and O–H groups in total. The van der Waals surface area contributed by atoms with Gasteiger partial charge in [-0.15, -0.1) is 0 Å². The molecule has 0 saturated carbocycles. The van der Waals surface area contributed by atoms with Crippen molar-refractivity contribution < 1.29 is 17.6 Å². The molecule has 3 nitrogen and oxygen atoms in total. The Bertz CT molecular complexity index is 367. The number of alkyl halides is 3. The second-order valence-electron chi connectivity index (χ2n) is 3.87. The molecule has 0 bridgehead atoms. The summed E-state index contributed by atoms with van der Waals surface area (Å²) in [7, 11) is 0. The highest BCUT2D eigenvalue weighted by Gasteiger charge is 2.39. The van der Waals surface area contributed by atoms with Crippen molar-refractivity contribution in [2.45, 2.75) is 31.9 Å². The van der Waals surface area contributed by atoms with Gasteiger partial charge in [0.25, 0.3) is 0 Å². The van der Waals surface area contributed by atoms with E-state index in [0.29, 0.717) is 6.54 Å². The van der Waals surface area contributed by atoms with Gasteiger partial charge in [-0.2, -0.15) is 13.2 Å². The molecule has 2 rings (SSSR count). The van der Waals surface area contributed by atoms with E-state index in [2.05, 4.69) is 10.3 Å². The number of nitrogens with one attached hydrogen (secondary N) is 1. The summed E-state index contributed by atoms with van der Waals surface area (Å²) in [6.07, 6.45) is -3.43. The van der Waals surface area contributed by atoms with Gasteiger partial charge in [0, 0.05) is 12.5 Å². The minimum absolute atomic E-state index is 0.00870. The van der Waals surface area contributed by atoms with Crippen LogP contribution in [0.15, 0.2) is 4.42 Å². The molecule has 0 aromatic carbocycles. The van der Waals surface area contributed by atoms with Crippen LogP contribution in [-0.4, -0.2) is 18.1 Å². The van der Waals surface area contributed by atoms with Crippen molar-refractivity contribution >= 4 is 0 Å². The highest BCUT2D eigenvalue weighted by molar-refractivity contribution is 5.15. The molecular formula is C10H13F3N2O. The predicted molar refractivity (Wildman–Crippen MR) is 51.1 cm³/mol. The lowest BCUT2D eigenvalue weighted by molar-refractivity contribution is -0.154. The van der Waals surface area contributed by atoms with Gasteiger partial charge in [0.2, 0.25) is 5.76 Å². The number of rotatable bonds is 2. The fourth-order valence-corrected chi connectivity index (χ4v) is 1.87. The van der Waals surface area contributed by atoms with Gasteiger partial charge in [-0.05, 0) is 19.4 Å². The van der Waals surface area contributed by atoms with Crippen molar-refractivity contribution in [3.63, 3.8) is 0 Å². The first-order chi connectivity index (χ1) is 7.52. The molecule has 6 heteroatoms. The Morgan fingerprint density at radius 2 is 2.25 bits per heavy atom. The second kappa shape index (κ2) is 4.08. The summed E-state index contributed by atoms with van der Waals surface area (Å²) >= 11 is 0. The first-order valence-electron chi connectivity index (χ1n) is 5.30. The second-order valence-corrected chi connectivity index (χ2v) is 3.87. The van der Waals surface area contributed by atoms with Crippen LogP contribution in [0.5, 0.6) is 0 Å². The molecule has 90 valence electrons. The molecule has 2 heterocycles. The zero-order chi connectivity index (χ0) is 11.8. The van der Waals surface area contributed by atoms with E-state index in [4.69, 9.17) is 4.42 Å². The summed E-state index contributed by atoms with van der Waals surface area (Å²) in [6, 6.07) is 0. The van der Waals surface area contributed by atoms with Crippen molar-refractivity contribution in [3.05, 3.63) is 17.3 Å². The lowest BCUT2D eigenvalue weighted by atomic mass is 10.1. The van der Waals surface area contributed by atoms with Gasteiger partial charge in [-0.3, -0.25) is 0 Å². The standard InChI is InChI=1S/C10H13F3N2O/c1-2-7-8(10(11,12)13)16-9(15-7)6-3-4-14-5-6/h6,14H,2-5H2,1H3. The SMILES string of the molecule is CCc1nc(C2CCNC2)oc1C(F)(F)F. The van der Waals surface area contributed by atoms with Crippen LogP contribution in [0, 0.1) is 0 Å². The van der Waals surface area contributed by atoms with Crippen LogP contribution >= 0.6 is 0 Å². The molecular weight excluding hydrogens is 221 g/mol. The van der Waals surface area contributed by atoms with E-state index in [1.165, 1.54) is 0 Å². The zero-order valence-corrected chi connectivity index (χ0v) is 8.90. The molecule has 0 amide bonds. The molecule has 16 heavy (non-hydrogen) atoms. The topological polar surface area (TPSA) is 38.1 Å². The fourth-order valence-electron chi connectivity index (χ4n) is 1.87. The lowest BCUT2D eigenvalue weighted by Crippen LogP contribution is -2.08. The Hall–Kier alpha value is -1.04. The molecule has 0 radical (unpaired) electrons. The van der Waals surface area contributed by atoms with Crippen molar-refractivity contribution in [1.29, 1.82) is 0 Å². The maximum atomic E-state index is 12.6. The minimum atomic E-state index is -4.44. The Kier molecular flexibility index (Phi) is 2.92. The van der Waals surface area contributed by atoms with E-state index in [-0.39, 0.29) is 23.9 Å². The van der Waals surface area contributed by atoms with Gasteiger partial charge >= 0.3 is 6.18 Å². The van der Waals surface area contributed by atoms with Gasteiger partial charge in [-0.25, -0.2) is 4.98 Å². The lowest BCUT2D eigenvalue weighted by Gasteiger charge is -2.03. The quantitative estimate of drug-likeness (QED) is 0.853. The summed E-state index contributed by atoms with van der Waals surface area (Å²) in [5.41, 5.74) is 0.00870. The van der Waals surface area contributed by atoms with Gasteiger partial charge in [0.15, 0.2) is 5.89 Å². The number of aryl methyl sites for hydroxylation is 1. The van der Waals surface area contributed by atoms with Crippen LogP contribution in [0.2, 0.25) is 0 Å². The molecule has 1 fully saturated rings. The molecule has 1 aliphatic rings. The summed E-state index contributed by atoms with van der Waals surface area (Å²) < 4.78 is 42.6. The number of halogens is 3. The summed E-state index contributed by atoms with van der Waals surface area (Å²) in [5, 5.41) is 3.08. The van der Waals surface area contributed by atoms with Crippen molar-refractivity contribution in [2.75, 3.05) is 13.1 Å². The van der Waals surface area contributed by atoms with Crippen LogP contribution < -0.4 is 5.32 Å². The van der Waals surface area contributed by atoms with Crippen LogP contribution in [-0.2, 0) is 12.6 Å². The summed E-state index contributed by atoms with van der Waals surface area (Å²) in [5.74, 6) is -0.743. The van der Waals surface area contributed by atoms with Gasteiger partial charge < -0.3 is 9.73 Å². The molecule has 1 unspecified atom stereocenters. The minimum Gasteiger partial charge on any atom is -0.435 e. The van der Waals surface area contributed by atoms with Gasteiger partial charge in [0.05, 0.1) is 5.69 Å². The number of hydrogen-bond donors (Lipinski definition) is 1. The predicted octanol–water partition coefficient (Wildman–Crippen LogP) is 2.33. The molecule has 1 aromatic rings. The summed E-state index contributed by atoms with van der Waals surface area (Å²) in [6.45, 7) is 3.08. The molecule has 1 aromatic heterocycles. The van der Waals surface area contributed by atoms with E-state index < -0.39 is 11.9 Å². The zero-order valence-electron chi connectivity index (χ0n) is 8.90. The number of nitrogens with zero attached hydrogens (tertiary/aromatic N) is 1. The molecule has 1 saturated heterocycles. The Labute approximate surface area is 91.0 Å². The highest BCUT2D eigenvalue weighted by atomic mass is 19.4. The average Bonchev–Trinajstić information content (AvgIpc) is 2.85. The summed E-state index contributed by atoms with van der Waals surface area (Å²) in [4.78, 5) is 3.95. The first kappa shape index (κ1) is 11.4. The Balaban J connectivity index is 2.31. The van der Waals surface area contributed by atoms with Crippen LogP contribution in [0.1, 0.15) is 36.6 Å². The third-order valence-electron chi connectivity index (χ3n) is 2.72. The van der Waals surface area contributed by atoms with E-state index >= 15 is 0 Å². The number of oxazole rings is 1. The smallest absolute Gasteiger partial charge is 0.435 e. The normalized spacial score (nSPS) is 21.6. The van der Waals surface area contributed by atoms with Crippen LogP contribution in [0.4, 0.5) is 13.2 Å². The van der Waals surface area contributed by atoms with E-state index in [0.717, 1.165) is 13.0 Å². The van der Waals surface area contributed by atoms with Crippen molar-refractivity contribution in [2.24, 2.45) is 0 Å². The van der Waals surface area contributed by atoms with Crippen molar-refractivity contribution in [3.8, 4) is 0 Å². The maximum absolute atomic E-state index is 12.6. The Morgan fingerprint density at radius 3 is 2.69 bits per heavy atom. The highest BCUT2D eigenvalue weighted by Crippen LogP contribution is 2.35. The number of hydrogen-bond acceptors (Lipinski definition) is 3.